The molecule has 0 bridgehead atoms. The lowest BCUT2D eigenvalue weighted by Crippen LogP contribution is -2.48. The fourth-order valence-electron chi connectivity index (χ4n) is 2.23. The maximum Gasteiger partial charge on any atom is 0.253 e. The van der Waals surface area contributed by atoms with Gasteiger partial charge in [0.1, 0.15) is 0 Å². The minimum absolute atomic E-state index is 0.0914. The molecule has 3 nitrogen and oxygen atoms in total. The Morgan fingerprint density at radius 2 is 1.74 bits per heavy atom. The molecule has 1 aromatic carbocycles. The van der Waals surface area contributed by atoms with Crippen LogP contribution in [0.2, 0.25) is 5.02 Å². The predicted octanol–water partition coefficient (Wildman–Crippen LogP) is 2.73. The molecule has 0 radical (unpaired) electrons. The summed E-state index contributed by atoms with van der Waals surface area (Å²) in [4.78, 5) is 16.5. The first-order valence-electron chi connectivity index (χ1n) is 6.54. The maximum absolute atomic E-state index is 12.3. The van der Waals surface area contributed by atoms with Crippen molar-refractivity contribution in [2.24, 2.45) is 0 Å². The summed E-state index contributed by atoms with van der Waals surface area (Å²) in [5.74, 6) is 0.790. The fraction of sp³-hybridized carbons (Fsp3) is 0.500. The molecule has 1 fully saturated rings. The van der Waals surface area contributed by atoms with Crippen LogP contribution in [-0.2, 0) is 0 Å². The average Bonchev–Trinajstić information content (AvgIpc) is 2.46. The summed E-state index contributed by atoms with van der Waals surface area (Å²) in [5.41, 5.74) is 0.707. The SMILES string of the molecule is O=C(c1ccc(Cl)cc1)N1CCN(CCCCl)CC1. The van der Waals surface area contributed by atoms with Gasteiger partial charge in [0, 0.05) is 42.6 Å². The van der Waals surface area contributed by atoms with Gasteiger partial charge in [-0.1, -0.05) is 11.6 Å². The molecule has 104 valence electrons. The van der Waals surface area contributed by atoms with Crippen molar-refractivity contribution in [1.29, 1.82) is 0 Å². The Bertz CT molecular complexity index is 414. The van der Waals surface area contributed by atoms with Crippen molar-refractivity contribution >= 4 is 29.1 Å². The van der Waals surface area contributed by atoms with Gasteiger partial charge >= 0.3 is 0 Å². The molecule has 0 saturated carbocycles. The molecule has 0 atom stereocenters. The lowest BCUT2D eigenvalue weighted by atomic mass is 10.2. The Labute approximate surface area is 124 Å². The number of amides is 1. The van der Waals surface area contributed by atoms with Crippen molar-refractivity contribution in [2.75, 3.05) is 38.6 Å². The summed E-state index contributed by atoms with van der Waals surface area (Å²) in [6.45, 7) is 4.44. The van der Waals surface area contributed by atoms with E-state index in [1.54, 1.807) is 24.3 Å². The van der Waals surface area contributed by atoms with E-state index in [1.807, 2.05) is 4.90 Å². The van der Waals surface area contributed by atoms with E-state index >= 15 is 0 Å². The van der Waals surface area contributed by atoms with Crippen LogP contribution >= 0.6 is 23.2 Å². The van der Waals surface area contributed by atoms with Crippen molar-refractivity contribution in [2.45, 2.75) is 6.42 Å². The highest BCUT2D eigenvalue weighted by Gasteiger charge is 2.21. The molecule has 1 amide bonds. The monoisotopic (exact) mass is 300 g/mol. The van der Waals surface area contributed by atoms with E-state index < -0.39 is 0 Å². The van der Waals surface area contributed by atoms with Gasteiger partial charge in [-0.15, -0.1) is 11.6 Å². The lowest BCUT2D eigenvalue weighted by Gasteiger charge is -2.34. The molecule has 2 rings (SSSR count). The van der Waals surface area contributed by atoms with Gasteiger partial charge in [0.2, 0.25) is 0 Å². The zero-order valence-electron chi connectivity index (χ0n) is 10.8. The van der Waals surface area contributed by atoms with Gasteiger partial charge in [-0.05, 0) is 37.2 Å². The molecule has 1 aliphatic rings. The standard InChI is InChI=1S/C14H18Cl2N2O/c15-6-1-7-17-8-10-18(11-9-17)14(19)12-2-4-13(16)5-3-12/h2-5H,1,6-11H2. The first-order valence-corrected chi connectivity index (χ1v) is 7.45. The Balaban J connectivity index is 1.87. The van der Waals surface area contributed by atoms with E-state index in [-0.39, 0.29) is 5.91 Å². The van der Waals surface area contributed by atoms with E-state index in [4.69, 9.17) is 23.2 Å². The Kier molecular flexibility index (Phi) is 5.49. The summed E-state index contributed by atoms with van der Waals surface area (Å²) in [5, 5.41) is 0.655. The molecule has 0 aromatic heterocycles. The number of hydrogen-bond acceptors (Lipinski definition) is 2. The highest BCUT2D eigenvalue weighted by Crippen LogP contribution is 2.13. The van der Waals surface area contributed by atoms with Crippen LogP contribution in [0.25, 0.3) is 0 Å². The normalized spacial score (nSPS) is 16.6. The number of nitrogens with zero attached hydrogens (tertiary/aromatic N) is 2. The summed E-state index contributed by atoms with van der Waals surface area (Å²) < 4.78 is 0. The third-order valence-electron chi connectivity index (χ3n) is 3.36. The van der Waals surface area contributed by atoms with Crippen molar-refractivity contribution < 1.29 is 4.79 Å². The molecule has 1 aliphatic heterocycles. The third-order valence-corrected chi connectivity index (χ3v) is 3.88. The molecule has 0 spiro atoms. The molecule has 0 N–H and O–H groups in total. The van der Waals surface area contributed by atoms with Crippen molar-refractivity contribution in [1.82, 2.24) is 9.80 Å². The van der Waals surface area contributed by atoms with Crippen LogP contribution in [-0.4, -0.2) is 54.3 Å². The van der Waals surface area contributed by atoms with Gasteiger partial charge in [-0.25, -0.2) is 0 Å². The van der Waals surface area contributed by atoms with Crippen LogP contribution < -0.4 is 0 Å². The fourth-order valence-corrected chi connectivity index (χ4v) is 2.48. The number of halogens is 2. The van der Waals surface area contributed by atoms with E-state index in [1.165, 1.54) is 0 Å². The van der Waals surface area contributed by atoms with E-state index in [0.717, 1.165) is 39.1 Å². The minimum Gasteiger partial charge on any atom is -0.336 e. The van der Waals surface area contributed by atoms with Gasteiger partial charge in [0.25, 0.3) is 5.91 Å². The van der Waals surface area contributed by atoms with E-state index in [2.05, 4.69) is 4.90 Å². The molecular formula is C14H18Cl2N2O. The number of hydrogen-bond donors (Lipinski definition) is 0. The number of carbonyl (C=O) groups excluding carboxylic acids is 1. The summed E-state index contributed by atoms with van der Waals surface area (Å²) in [6.07, 6.45) is 1.01. The second-order valence-electron chi connectivity index (χ2n) is 4.68. The Morgan fingerprint density at radius 3 is 2.32 bits per heavy atom. The number of benzene rings is 1. The lowest BCUT2D eigenvalue weighted by molar-refractivity contribution is 0.0637. The Morgan fingerprint density at radius 1 is 1.11 bits per heavy atom. The molecule has 1 saturated heterocycles. The topological polar surface area (TPSA) is 23.6 Å². The van der Waals surface area contributed by atoms with Gasteiger partial charge in [-0.3, -0.25) is 9.69 Å². The average molecular weight is 301 g/mol. The largest absolute Gasteiger partial charge is 0.336 e. The predicted molar refractivity (Wildman–Crippen MR) is 79.1 cm³/mol. The zero-order chi connectivity index (χ0) is 13.7. The van der Waals surface area contributed by atoms with Crippen LogP contribution in [0.5, 0.6) is 0 Å². The summed E-state index contributed by atoms with van der Waals surface area (Å²) in [7, 11) is 0. The van der Waals surface area contributed by atoms with Gasteiger partial charge in [-0.2, -0.15) is 0 Å². The van der Waals surface area contributed by atoms with Crippen LogP contribution in [0, 0.1) is 0 Å². The number of piperazine rings is 1. The number of alkyl halides is 1. The Hall–Kier alpha value is -0.770. The molecule has 1 aromatic rings. The minimum atomic E-state index is 0.0914. The van der Waals surface area contributed by atoms with Gasteiger partial charge < -0.3 is 4.90 Å². The quantitative estimate of drug-likeness (QED) is 0.798. The smallest absolute Gasteiger partial charge is 0.253 e. The van der Waals surface area contributed by atoms with Crippen molar-refractivity contribution in [3.63, 3.8) is 0 Å². The van der Waals surface area contributed by atoms with Crippen molar-refractivity contribution in [3.05, 3.63) is 34.9 Å². The third kappa shape index (κ3) is 4.10. The van der Waals surface area contributed by atoms with Crippen molar-refractivity contribution in [3.8, 4) is 0 Å². The van der Waals surface area contributed by atoms with Crippen LogP contribution in [0.1, 0.15) is 16.8 Å². The first-order chi connectivity index (χ1) is 9.20. The maximum atomic E-state index is 12.3. The first kappa shape index (κ1) is 14.6. The molecule has 19 heavy (non-hydrogen) atoms. The second-order valence-corrected chi connectivity index (χ2v) is 5.50. The molecule has 0 aliphatic carbocycles. The van der Waals surface area contributed by atoms with Crippen LogP contribution in [0.3, 0.4) is 0 Å². The molecular weight excluding hydrogens is 283 g/mol. The molecule has 1 heterocycles. The van der Waals surface area contributed by atoms with Gasteiger partial charge in [0.15, 0.2) is 0 Å². The van der Waals surface area contributed by atoms with Crippen LogP contribution in [0.4, 0.5) is 0 Å². The van der Waals surface area contributed by atoms with Crippen LogP contribution in [0.15, 0.2) is 24.3 Å². The van der Waals surface area contributed by atoms with Gasteiger partial charge in [0.05, 0.1) is 0 Å². The number of carbonyl (C=O) groups is 1. The summed E-state index contributed by atoms with van der Waals surface area (Å²) >= 11 is 11.5. The second kappa shape index (κ2) is 7.13. The highest BCUT2D eigenvalue weighted by molar-refractivity contribution is 6.30. The summed E-state index contributed by atoms with van der Waals surface area (Å²) in [6, 6.07) is 7.08. The van der Waals surface area contributed by atoms with E-state index in [0.29, 0.717) is 16.5 Å². The zero-order valence-corrected chi connectivity index (χ0v) is 12.3. The number of rotatable bonds is 4. The van der Waals surface area contributed by atoms with E-state index in [9.17, 15) is 4.79 Å². The molecule has 0 unspecified atom stereocenters. The molecule has 5 heteroatoms. The highest BCUT2D eigenvalue weighted by atomic mass is 35.5.